The van der Waals surface area contributed by atoms with Crippen LogP contribution in [0.4, 0.5) is 5.69 Å². The number of hydrogen-bond donors (Lipinski definition) is 1. The summed E-state index contributed by atoms with van der Waals surface area (Å²) in [7, 11) is 0. The topological polar surface area (TPSA) is 65.8 Å². The van der Waals surface area contributed by atoms with E-state index in [0.717, 1.165) is 10.9 Å². The molecule has 3 rings (SSSR count). The van der Waals surface area contributed by atoms with Gasteiger partial charge in [-0.25, -0.2) is 0 Å². The van der Waals surface area contributed by atoms with Gasteiger partial charge in [0.2, 0.25) is 0 Å². The van der Waals surface area contributed by atoms with E-state index in [-0.39, 0.29) is 5.91 Å². The molecule has 4 heteroatoms. The van der Waals surface area contributed by atoms with Crippen LogP contribution in [0.5, 0.6) is 0 Å². The zero-order chi connectivity index (χ0) is 14.7. The molecule has 0 aliphatic carbocycles. The van der Waals surface area contributed by atoms with Crippen molar-refractivity contribution in [2.24, 2.45) is 0 Å². The lowest BCUT2D eigenvalue weighted by Crippen LogP contribution is -2.13. The number of fused-ring (bicyclic) bond motifs is 1. The predicted octanol–water partition coefficient (Wildman–Crippen LogP) is 3.36. The van der Waals surface area contributed by atoms with Crippen LogP contribution in [0.15, 0.2) is 60.8 Å². The number of para-hydroxylation sites is 2. The average molecular weight is 273 g/mol. The second-order valence-corrected chi connectivity index (χ2v) is 4.49. The van der Waals surface area contributed by atoms with Gasteiger partial charge in [-0.2, -0.15) is 5.26 Å². The van der Waals surface area contributed by atoms with E-state index in [0.29, 0.717) is 16.8 Å². The number of nitriles is 1. The zero-order valence-electron chi connectivity index (χ0n) is 11.1. The summed E-state index contributed by atoms with van der Waals surface area (Å²) in [6.45, 7) is 0. The summed E-state index contributed by atoms with van der Waals surface area (Å²) in [5.41, 5.74) is 2.24. The fourth-order valence-electron chi connectivity index (χ4n) is 2.17. The van der Waals surface area contributed by atoms with Crippen LogP contribution in [-0.2, 0) is 0 Å². The highest BCUT2D eigenvalue weighted by Crippen LogP contribution is 2.19. The Hall–Kier alpha value is -3.19. The van der Waals surface area contributed by atoms with Gasteiger partial charge in [0, 0.05) is 11.6 Å². The van der Waals surface area contributed by atoms with Crippen molar-refractivity contribution < 1.29 is 4.79 Å². The third kappa shape index (κ3) is 2.45. The maximum Gasteiger partial charge on any atom is 0.256 e. The number of pyridine rings is 1. The SMILES string of the molecule is N#Cc1ccccc1NC(=O)c1ccnc2ccccc12. The highest BCUT2D eigenvalue weighted by molar-refractivity contribution is 6.12. The first-order chi connectivity index (χ1) is 10.3. The van der Waals surface area contributed by atoms with Gasteiger partial charge in [-0.1, -0.05) is 30.3 Å². The Balaban J connectivity index is 2.00. The maximum absolute atomic E-state index is 12.4. The summed E-state index contributed by atoms with van der Waals surface area (Å²) in [4.78, 5) is 16.7. The van der Waals surface area contributed by atoms with Crippen molar-refractivity contribution >= 4 is 22.5 Å². The third-order valence-electron chi connectivity index (χ3n) is 3.19. The molecule has 0 aliphatic rings. The number of rotatable bonds is 2. The monoisotopic (exact) mass is 273 g/mol. The van der Waals surface area contributed by atoms with E-state index >= 15 is 0 Å². The van der Waals surface area contributed by atoms with Gasteiger partial charge in [-0.3, -0.25) is 9.78 Å². The Labute approximate surface area is 121 Å². The van der Waals surface area contributed by atoms with Crippen molar-refractivity contribution in [3.8, 4) is 6.07 Å². The molecule has 0 saturated carbocycles. The highest BCUT2D eigenvalue weighted by atomic mass is 16.1. The minimum atomic E-state index is -0.253. The third-order valence-corrected chi connectivity index (χ3v) is 3.19. The molecule has 0 unspecified atom stereocenters. The van der Waals surface area contributed by atoms with Crippen molar-refractivity contribution in [1.29, 1.82) is 5.26 Å². The number of amides is 1. The first kappa shape index (κ1) is 12.8. The Morgan fingerprint density at radius 2 is 1.81 bits per heavy atom. The first-order valence-electron chi connectivity index (χ1n) is 6.44. The molecular weight excluding hydrogens is 262 g/mol. The van der Waals surface area contributed by atoms with Crippen LogP contribution in [-0.4, -0.2) is 10.9 Å². The Bertz CT molecular complexity index is 860. The lowest BCUT2D eigenvalue weighted by Gasteiger charge is -2.08. The molecule has 0 atom stereocenters. The summed E-state index contributed by atoms with van der Waals surface area (Å²) >= 11 is 0. The van der Waals surface area contributed by atoms with E-state index in [1.54, 1.807) is 36.5 Å². The maximum atomic E-state index is 12.4. The Kier molecular flexibility index (Phi) is 3.32. The molecule has 0 saturated heterocycles. The van der Waals surface area contributed by atoms with Crippen LogP contribution in [0, 0.1) is 11.3 Å². The molecule has 0 aliphatic heterocycles. The van der Waals surface area contributed by atoms with Gasteiger partial charge in [0.1, 0.15) is 6.07 Å². The molecule has 100 valence electrons. The molecule has 2 aromatic carbocycles. The number of carbonyl (C=O) groups excluding carboxylic acids is 1. The summed E-state index contributed by atoms with van der Waals surface area (Å²) in [6, 6.07) is 18.1. The fourth-order valence-corrected chi connectivity index (χ4v) is 2.17. The van der Waals surface area contributed by atoms with Gasteiger partial charge < -0.3 is 5.32 Å². The van der Waals surface area contributed by atoms with E-state index in [9.17, 15) is 4.79 Å². The van der Waals surface area contributed by atoms with Crippen molar-refractivity contribution in [2.45, 2.75) is 0 Å². The number of carbonyl (C=O) groups is 1. The average Bonchev–Trinajstić information content (AvgIpc) is 2.54. The number of benzene rings is 2. The fraction of sp³-hybridized carbons (Fsp3) is 0. The molecule has 0 radical (unpaired) electrons. The van der Waals surface area contributed by atoms with Crippen LogP contribution in [0.25, 0.3) is 10.9 Å². The highest BCUT2D eigenvalue weighted by Gasteiger charge is 2.12. The molecule has 21 heavy (non-hydrogen) atoms. The van der Waals surface area contributed by atoms with Crippen molar-refractivity contribution in [1.82, 2.24) is 4.98 Å². The zero-order valence-corrected chi connectivity index (χ0v) is 11.1. The van der Waals surface area contributed by atoms with Crippen molar-refractivity contribution in [2.75, 3.05) is 5.32 Å². The van der Waals surface area contributed by atoms with Crippen LogP contribution in [0.3, 0.4) is 0 Å². The molecule has 0 bridgehead atoms. The summed E-state index contributed by atoms with van der Waals surface area (Å²) in [6.07, 6.45) is 1.60. The van der Waals surface area contributed by atoms with Gasteiger partial charge in [-0.05, 0) is 24.3 Å². The lowest BCUT2D eigenvalue weighted by atomic mass is 10.1. The van der Waals surface area contributed by atoms with E-state index in [1.807, 2.05) is 24.3 Å². The molecule has 0 spiro atoms. The minimum Gasteiger partial charge on any atom is -0.321 e. The summed E-state index contributed by atoms with van der Waals surface area (Å²) < 4.78 is 0. The smallest absolute Gasteiger partial charge is 0.256 e. The van der Waals surface area contributed by atoms with Crippen molar-refractivity contribution in [3.63, 3.8) is 0 Å². The van der Waals surface area contributed by atoms with E-state index in [4.69, 9.17) is 5.26 Å². The van der Waals surface area contributed by atoms with Crippen LogP contribution in [0.2, 0.25) is 0 Å². The van der Waals surface area contributed by atoms with Crippen LogP contribution < -0.4 is 5.32 Å². The predicted molar refractivity (Wildman–Crippen MR) is 80.9 cm³/mol. The van der Waals surface area contributed by atoms with E-state index in [2.05, 4.69) is 16.4 Å². The molecule has 1 heterocycles. The number of nitrogens with zero attached hydrogens (tertiary/aromatic N) is 2. The molecule has 4 nitrogen and oxygen atoms in total. The lowest BCUT2D eigenvalue weighted by molar-refractivity contribution is 0.102. The Morgan fingerprint density at radius 3 is 2.67 bits per heavy atom. The molecular formula is C17H11N3O. The van der Waals surface area contributed by atoms with Crippen LogP contribution in [0.1, 0.15) is 15.9 Å². The quantitative estimate of drug-likeness (QED) is 0.778. The number of anilines is 1. The number of aromatic nitrogens is 1. The minimum absolute atomic E-state index is 0.253. The second-order valence-electron chi connectivity index (χ2n) is 4.49. The van der Waals surface area contributed by atoms with E-state index < -0.39 is 0 Å². The van der Waals surface area contributed by atoms with Gasteiger partial charge >= 0.3 is 0 Å². The molecule has 1 aromatic heterocycles. The summed E-state index contributed by atoms with van der Waals surface area (Å²) in [5.74, 6) is -0.253. The van der Waals surface area contributed by atoms with Gasteiger partial charge in [0.15, 0.2) is 0 Å². The standard InChI is InChI=1S/C17H11N3O/c18-11-12-5-1-3-7-15(12)20-17(21)14-9-10-19-16-8-4-2-6-13(14)16/h1-10H,(H,20,21). The van der Waals surface area contributed by atoms with Crippen molar-refractivity contribution in [3.05, 3.63) is 71.9 Å². The van der Waals surface area contributed by atoms with Gasteiger partial charge in [0.25, 0.3) is 5.91 Å². The second kappa shape index (κ2) is 5.43. The normalized spacial score (nSPS) is 10.0. The first-order valence-corrected chi connectivity index (χ1v) is 6.44. The summed E-state index contributed by atoms with van der Waals surface area (Å²) in [5, 5.41) is 12.6. The van der Waals surface area contributed by atoms with Gasteiger partial charge in [-0.15, -0.1) is 0 Å². The van der Waals surface area contributed by atoms with Crippen LogP contribution >= 0.6 is 0 Å². The molecule has 1 amide bonds. The largest absolute Gasteiger partial charge is 0.321 e. The Morgan fingerprint density at radius 1 is 1.05 bits per heavy atom. The molecule has 0 fully saturated rings. The molecule has 1 N–H and O–H groups in total. The van der Waals surface area contributed by atoms with Gasteiger partial charge in [0.05, 0.1) is 22.3 Å². The van der Waals surface area contributed by atoms with E-state index in [1.165, 1.54) is 0 Å². The number of nitrogens with one attached hydrogen (secondary N) is 1. The molecule has 3 aromatic rings. The number of hydrogen-bond acceptors (Lipinski definition) is 3.